The highest BCUT2D eigenvalue weighted by Crippen LogP contribution is 2.37. The lowest BCUT2D eigenvalue weighted by Gasteiger charge is -2.18. The lowest BCUT2D eigenvalue weighted by Crippen LogP contribution is -2.29. The Morgan fingerprint density at radius 2 is 1.78 bits per heavy atom. The van der Waals surface area contributed by atoms with Gasteiger partial charge in [-0.25, -0.2) is 0 Å². The molecule has 0 aliphatic heterocycles. The maximum Gasteiger partial charge on any atom is 0.446 e. The van der Waals surface area contributed by atoms with E-state index in [0.29, 0.717) is 5.56 Å². The Balaban J connectivity index is 2.70. The smallest absolute Gasteiger partial charge is 0.389 e. The third kappa shape index (κ3) is 4.85. The topological polar surface area (TPSA) is 52.5 Å². The van der Waals surface area contributed by atoms with Gasteiger partial charge in [0.05, 0.1) is 6.10 Å². The van der Waals surface area contributed by atoms with Crippen molar-refractivity contribution in [1.29, 1.82) is 0 Å². The van der Waals surface area contributed by atoms with Gasteiger partial charge >= 0.3 is 5.51 Å². The van der Waals surface area contributed by atoms with E-state index in [0.717, 1.165) is 0 Å². The third-order valence-corrected chi connectivity index (χ3v) is 2.97. The second kappa shape index (κ2) is 6.42. The molecule has 3 N–H and O–H groups in total. The maximum absolute atomic E-state index is 12.1. The zero-order valence-electron chi connectivity index (χ0n) is 9.61. The summed E-state index contributed by atoms with van der Waals surface area (Å²) in [6.07, 6.45) is -2.13. The van der Waals surface area contributed by atoms with Crippen LogP contribution in [0, 0.1) is 0 Å². The molecule has 1 aromatic carbocycles. The van der Waals surface area contributed by atoms with Crippen LogP contribution in [0.25, 0.3) is 0 Å². The van der Waals surface area contributed by atoms with Gasteiger partial charge in [0.15, 0.2) is 0 Å². The van der Waals surface area contributed by atoms with E-state index < -0.39 is 17.7 Å². The van der Waals surface area contributed by atoms with Gasteiger partial charge in [-0.1, -0.05) is 12.1 Å². The fraction of sp³-hybridized carbons (Fsp3) is 0.455. The minimum absolute atomic E-state index is 0.0431. The van der Waals surface area contributed by atoms with E-state index in [9.17, 15) is 23.4 Å². The molecule has 0 bridgehead atoms. The number of hydrogen-bond donors (Lipinski definition) is 3. The zero-order valence-corrected chi connectivity index (χ0v) is 10.4. The predicted molar refractivity (Wildman–Crippen MR) is 63.2 cm³/mol. The van der Waals surface area contributed by atoms with Crippen molar-refractivity contribution >= 4 is 11.8 Å². The van der Waals surface area contributed by atoms with Crippen molar-refractivity contribution in [2.45, 2.75) is 22.6 Å². The normalized spacial score (nSPS) is 15.4. The first kappa shape index (κ1) is 15.3. The van der Waals surface area contributed by atoms with Crippen LogP contribution in [0.3, 0.4) is 0 Å². The Labute approximate surface area is 107 Å². The van der Waals surface area contributed by atoms with E-state index in [4.69, 9.17) is 0 Å². The summed E-state index contributed by atoms with van der Waals surface area (Å²) in [5, 5.41) is 22.0. The Kier molecular flexibility index (Phi) is 5.46. The van der Waals surface area contributed by atoms with Crippen molar-refractivity contribution in [3.8, 4) is 0 Å². The summed E-state index contributed by atoms with van der Waals surface area (Å²) in [4.78, 5) is 0.0431. The van der Waals surface area contributed by atoms with Gasteiger partial charge in [0.25, 0.3) is 0 Å². The van der Waals surface area contributed by atoms with Gasteiger partial charge in [-0.2, -0.15) is 13.2 Å². The van der Waals surface area contributed by atoms with Gasteiger partial charge in [0.1, 0.15) is 6.10 Å². The molecule has 0 fully saturated rings. The van der Waals surface area contributed by atoms with Crippen LogP contribution in [0.5, 0.6) is 0 Å². The first-order chi connectivity index (χ1) is 8.33. The number of thioether (sulfide) groups is 1. The van der Waals surface area contributed by atoms with Crippen LogP contribution >= 0.6 is 11.8 Å². The van der Waals surface area contributed by atoms with Crippen molar-refractivity contribution < 1.29 is 23.4 Å². The summed E-state index contributed by atoms with van der Waals surface area (Å²) in [5.74, 6) is 0. The van der Waals surface area contributed by atoms with Crippen LogP contribution in [0.15, 0.2) is 29.2 Å². The first-order valence-electron chi connectivity index (χ1n) is 5.20. The minimum atomic E-state index is -4.33. The number of rotatable bonds is 5. The number of nitrogens with one attached hydrogen (secondary N) is 1. The largest absolute Gasteiger partial charge is 0.446 e. The summed E-state index contributed by atoms with van der Waals surface area (Å²) in [6, 6.07) is 5.28. The van der Waals surface area contributed by atoms with Crippen molar-refractivity contribution in [2.24, 2.45) is 0 Å². The van der Waals surface area contributed by atoms with Gasteiger partial charge in [-0.15, -0.1) is 0 Å². The fourth-order valence-corrected chi connectivity index (χ4v) is 1.95. The number of benzene rings is 1. The third-order valence-electron chi connectivity index (χ3n) is 2.23. The maximum atomic E-state index is 12.1. The van der Waals surface area contributed by atoms with Gasteiger partial charge in [0.2, 0.25) is 0 Å². The van der Waals surface area contributed by atoms with Crippen molar-refractivity contribution in [2.75, 3.05) is 13.6 Å². The first-order valence-corrected chi connectivity index (χ1v) is 6.01. The summed E-state index contributed by atoms with van der Waals surface area (Å²) in [6.45, 7) is 0.195. The van der Waals surface area contributed by atoms with Crippen LogP contribution in [0.2, 0.25) is 0 Å². The lowest BCUT2D eigenvalue weighted by molar-refractivity contribution is -0.0328. The predicted octanol–water partition coefficient (Wildman–Crippen LogP) is 1.91. The standard InChI is InChI=1S/C11H14F3NO2S/c1-15-6-9(16)10(17)7-2-4-8(5-3-7)18-11(12,13)14/h2-5,9-10,15-17H,6H2,1H3. The monoisotopic (exact) mass is 281 g/mol. The molecule has 2 unspecified atom stereocenters. The molecule has 1 rings (SSSR count). The fourth-order valence-electron chi connectivity index (χ4n) is 1.41. The lowest BCUT2D eigenvalue weighted by atomic mass is 10.0. The molecule has 0 aliphatic rings. The molecule has 2 atom stereocenters. The van der Waals surface area contributed by atoms with Crippen LogP contribution in [-0.2, 0) is 0 Å². The Hall–Kier alpha value is -0.760. The van der Waals surface area contributed by atoms with Crippen LogP contribution in [-0.4, -0.2) is 35.4 Å². The van der Waals surface area contributed by atoms with Crippen LogP contribution in [0.4, 0.5) is 13.2 Å². The van der Waals surface area contributed by atoms with E-state index in [1.807, 2.05) is 0 Å². The molecular formula is C11H14F3NO2S. The number of halogens is 3. The molecule has 102 valence electrons. The van der Waals surface area contributed by atoms with Gasteiger partial charge < -0.3 is 15.5 Å². The second-order valence-electron chi connectivity index (χ2n) is 3.69. The van der Waals surface area contributed by atoms with Gasteiger partial charge in [-0.3, -0.25) is 0 Å². The van der Waals surface area contributed by atoms with E-state index in [-0.39, 0.29) is 23.2 Å². The van der Waals surface area contributed by atoms with E-state index >= 15 is 0 Å². The Bertz CT molecular complexity index is 370. The number of aliphatic hydroxyl groups excluding tert-OH is 2. The quantitative estimate of drug-likeness (QED) is 0.722. The van der Waals surface area contributed by atoms with Crippen LogP contribution in [0.1, 0.15) is 11.7 Å². The molecule has 0 amide bonds. The van der Waals surface area contributed by atoms with E-state index in [1.165, 1.54) is 24.3 Å². The summed E-state index contributed by atoms with van der Waals surface area (Å²) in [7, 11) is 1.62. The van der Waals surface area contributed by atoms with Crippen LogP contribution < -0.4 is 5.32 Å². The van der Waals surface area contributed by atoms with Gasteiger partial charge in [-0.05, 0) is 36.5 Å². The molecular weight excluding hydrogens is 267 g/mol. The second-order valence-corrected chi connectivity index (χ2v) is 4.83. The molecule has 1 aromatic rings. The van der Waals surface area contributed by atoms with E-state index in [2.05, 4.69) is 5.32 Å². The zero-order chi connectivity index (χ0) is 13.8. The highest BCUT2D eigenvalue weighted by molar-refractivity contribution is 8.00. The average molecular weight is 281 g/mol. The molecule has 0 radical (unpaired) electrons. The molecule has 0 saturated carbocycles. The summed E-state index contributed by atoms with van der Waals surface area (Å²) < 4.78 is 36.3. The van der Waals surface area contributed by atoms with Gasteiger partial charge in [0, 0.05) is 11.4 Å². The highest BCUT2D eigenvalue weighted by atomic mass is 32.2. The molecule has 0 spiro atoms. The SMILES string of the molecule is CNCC(O)C(O)c1ccc(SC(F)(F)F)cc1. The molecule has 3 nitrogen and oxygen atoms in total. The number of aliphatic hydroxyl groups is 2. The molecule has 0 heterocycles. The molecule has 0 saturated heterocycles. The summed E-state index contributed by atoms with van der Waals surface area (Å²) >= 11 is -0.217. The molecule has 0 aliphatic carbocycles. The number of likely N-dealkylation sites (N-methyl/N-ethyl adjacent to an activating group) is 1. The summed E-state index contributed by atoms with van der Waals surface area (Å²) in [5.41, 5.74) is -3.95. The average Bonchev–Trinajstić information content (AvgIpc) is 2.27. The Morgan fingerprint density at radius 3 is 2.22 bits per heavy atom. The van der Waals surface area contributed by atoms with Crippen molar-refractivity contribution in [1.82, 2.24) is 5.32 Å². The highest BCUT2D eigenvalue weighted by Gasteiger charge is 2.29. The number of alkyl halides is 3. The van der Waals surface area contributed by atoms with Crippen molar-refractivity contribution in [3.63, 3.8) is 0 Å². The molecule has 7 heteroatoms. The minimum Gasteiger partial charge on any atom is -0.389 e. The van der Waals surface area contributed by atoms with Crippen molar-refractivity contribution in [3.05, 3.63) is 29.8 Å². The van der Waals surface area contributed by atoms with E-state index in [1.54, 1.807) is 7.05 Å². The molecule has 0 aromatic heterocycles. The number of hydrogen-bond acceptors (Lipinski definition) is 4. The molecule has 18 heavy (non-hydrogen) atoms. The Morgan fingerprint density at radius 1 is 1.22 bits per heavy atom.